The number of hydrogen-bond acceptors (Lipinski definition) is 5. The minimum absolute atomic E-state index is 0.0926. The first-order valence-corrected chi connectivity index (χ1v) is 11.8. The fourth-order valence-corrected chi connectivity index (χ4v) is 3.57. The van der Waals surface area contributed by atoms with Crippen molar-refractivity contribution < 1.29 is 19.1 Å². The molecule has 0 atom stereocenters. The van der Waals surface area contributed by atoms with Crippen molar-refractivity contribution in [3.05, 3.63) is 90.0 Å². The van der Waals surface area contributed by atoms with Crippen molar-refractivity contribution in [3.8, 4) is 5.75 Å². The highest BCUT2D eigenvalue weighted by atomic mass is 32.1. The minimum Gasteiger partial charge on any atom is -0.491 e. The van der Waals surface area contributed by atoms with Crippen LogP contribution in [0.4, 0.5) is 11.4 Å². The summed E-state index contributed by atoms with van der Waals surface area (Å²) in [6, 6.07) is 23.3. The second-order valence-corrected chi connectivity index (χ2v) is 7.82. The molecule has 0 aliphatic heterocycles. The van der Waals surface area contributed by atoms with Gasteiger partial charge in [-0.2, -0.15) is 0 Å². The number of carbonyl (C=O) groups is 2. The molecule has 8 heteroatoms. The molecule has 2 amide bonds. The van der Waals surface area contributed by atoms with Gasteiger partial charge in [0.25, 0.3) is 11.8 Å². The lowest BCUT2D eigenvalue weighted by atomic mass is 10.1. The molecule has 0 aliphatic rings. The van der Waals surface area contributed by atoms with Gasteiger partial charge >= 0.3 is 0 Å². The summed E-state index contributed by atoms with van der Waals surface area (Å²) in [6.45, 7) is 5.92. The number of nitrogens with one attached hydrogen (secondary N) is 2. The van der Waals surface area contributed by atoms with Crippen LogP contribution >= 0.6 is 12.2 Å². The van der Waals surface area contributed by atoms with E-state index in [2.05, 4.69) is 10.6 Å². The Kier molecular flexibility index (Phi) is 9.77. The van der Waals surface area contributed by atoms with E-state index < -0.39 is 0 Å². The van der Waals surface area contributed by atoms with Gasteiger partial charge < -0.3 is 19.7 Å². The van der Waals surface area contributed by atoms with E-state index >= 15 is 0 Å². The largest absolute Gasteiger partial charge is 0.491 e. The summed E-state index contributed by atoms with van der Waals surface area (Å²) in [7, 11) is 0. The van der Waals surface area contributed by atoms with Crippen molar-refractivity contribution in [2.45, 2.75) is 13.8 Å². The van der Waals surface area contributed by atoms with Gasteiger partial charge in [0, 0.05) is 24.4 Å². The lowest BCUT2D eigenvalue weighted by Crippen LogP contribution is -2.35. The molecule has 35 heavy (non-hydrogen) atoms. The number of anilines is 2. The minimum atomic E-state index is -0.369. The van der Waals surface area contributed by atoms with Gasteiger partial charge in [0.05, 0.1) is 17.9 Å². The molecule has 0 bridgehead atoms. The van der Waals surface area contributed by atoms with Crippen molar-refractivity contribution in [1.82, 2.24) is 5.32 Å². The summed E-state index contributed by atoms with van der Waals surface area (Å²) < 4.78 is 10.8. The van der Waals surface area contributed by atoms with Crippen LogP contribution in [0.2, 0.25) is 0 Å². The van der Waals surface area contributed by atoms with E-state index in [1.54, 1.807) is 53.4 Å². The molecule has 0 unspecified atom stereocenters. The van der Waals surface area contributed by atoms with Crippen molar-refractivity contribution >= 4 is 40.5 Å². The lowest BCUT2D eigenvalue weighted by Gasteiger charge is -2.23. The van der Waals surface area contributed by atoms with E-state index in [1.165, 1.54) is 0 Å². The molecule has 0 saturated carbocycles. The Labute approximate surface area is 211 Å². The normalized spacial score (nSPS) is 10.3. The fourth-order valence-electron chi connectivity index (χ4n) is 3.37. The molecular weight excluding hydrogens is 462 g/mol. The molecule has 3 aromatic carbocycles. The van der Waals surface area contributed by atoms with Crippen molar-refractivity contribution in [2.24, 2.45) is 0 Å². The third-order valence-electron chi connectivity index (χ3n) is 5.08. The molecule has 0 aliphatic carbocycles. The van der Waals surface area contributed by atoms with Crippen LogP contribution in [0, 0.1) is 0 Å². The Morgan fingerprint density at radius 1 is 0.886 bits per heavy atom. The number of para-hydroxylation sites is 2. The summed E-state index contributed by atoms with van der Waals surface area (Å²) in [5.41, 5.74) is 2.19. The van der Waals surface area contributed by atoms with Gasteiger partial charge in [-0.25, -0.2) is 0 Å². The Hall–Kier alpha value is -3.75. The van der Waals surface area contributed by atoms with Crippen LogP contribution < -0.4 is 20.3 Å². The molecule has 0 fully saturated rings. The highest BCUT2D eigenvalue weighted by Gasteiger charge is 2.20. The average molecular weight is 492 g/mol. The van der Waals surface area contributed by atoms with E-state index in [9.17, 15) is 9.59 Å². The number of amides is 2. The van der Waals surface area contributed by atoms with Gasteiger partial charge in [-0.05, 0) is 74.6 Å². The van der Waals surface area contributed by atoms with Crippen LogP contribution in [0.1, 0.15) is 34.6 Å². The first kappa shape index (κ1) is 25.9. The number of thiocarbonyl (C=S) groups is 1. The summed E-state index contributed by atoms with van der Waals surface area (Å²) in [5.74, 6) is 0.107. The zero-order valence-corrected chi connectivity index (χ0v) is 20.6. The first-order chi connectivity index (χ1) is 17.0. The molecule has 0 radical (unpaired) electrons. The predicted octanol–water partition coefficient (Wildman–Crippen LogP) is 4.90. The average Bonchev–Trinajstić information content (AvgIpc) is 2.88. The van der Waals surface area contributed by atoms with E-state index in [-0.39, 0.29) is 16.9 Å². The van der Waals surface area contributed by atoms with E-state index in [4.69, 9.17) is 21.7 Å². The number of hydrogen-bond donors (Lipinski definition) is 2. The van der Waals surface area contributed by atoms with Gasteiger partial charge in [0.1, 0.15) is 12.4 Å². The van der Waals surface area contributed by atoms with Gasteiger partial charge in [-0.3, -0.25) is 14.9 Å². The number of benzene rings is 3. The van der Waals surface area contributed by atoms with Crippen LogP contribution in [0.5, 0.6) is 5.75 Å². The molecule has 0 saturated heterocycles. The van der Waals surface area contributed by atoms with E-state index in [0.717, 1.165) is 5.69 Å². The third kappa shape index (κ3) is 7.37. The molecule has 0 aromatic heterocycles. The standard InChI is InChI=1S/C27H29N3O4S/c1-3-30(21-10-6-5-7-11-21)26(32)23-12-8-9-13-24(23)28-27(35)29-25(31)20-14-16-22(17-15-20)34-19-18-33-4-2/h5-17H,3-4,18-19H2,1-2H3,(H2,28,29,31,35). The van der Waals surface area contributed by atoms with Crippen LogP contribution in [-0.4, -0.2) is 43.3 Å². The quantitative estimate of drug-likeness (QED) is 0.310. The monoisotopic (exact) mass is 491 g/mol. The summed E-state index contributed by atoms with van der Waals surface area (Å²) in [5, 5.41) is 5.74. The summed E-state index contributed by atoms with van der Waals surface area (Å²) >= 11 is 5.35. The molecule has 7 nitrogen and oxygen atoms in total. The second kappa shape index (κ2) is 13.2. The highest BCUT2D eigenvalue weighted by molar-refractivity contribution is 7.80. The fraction of sp³-hybridized carbons (Fsp3) is 0.222. The zero-order valence-electron chi connectivity index (χ0n) is 19.8. The maximum absolute atomic E-state index is 13.3. The Bertz CT molecular complexity index is 1140. The number of carbonyl (C=O) groups excluding carboxylic acids is 2. The Morgan fingerprint density at radius 2 is 1.57 bits per heavy atom. The SMILES string of the molecule is CCOCCOc1ccc(C(=O)NC(=S)Nc2ccccc2C(=O)N(CC)c2ccccc2)cc1. The van der Waals surface area contributed by atoms with Crippen LogP contribution in [0.3, 0.4) is 0 Å². The summed E-state index contributed by atoms with van der Waals surface area (Å²) in [6.07, 6.45) is 0. The van der Waals surface area contributed by atoms with Crippen LogP contribution in [-0.2, 0) is 4.74 Å². The van der Waals surface area contributed by atoms with Crippen molar-refractivity contribution in [2.75, 3.05) is 36.6 Å². The molecule has 0 heterocycles. The van der Waals surface area contributed by atoms with E-state index in [0.29, 0.717) is 48.9 Å². The number of ether oxygens (including phenoxy) is 2. The smallest absolute Gasteiger partial charge is 0.260 e. The molecule has 2 N–H and O–H groups in total. The van der Waals surface area contributed by atoms with Crippen LogP contribution in [0.15, 0.2) is 78.9 Å². The second-order valence-electron chi connectivity index (χ2n) is 7.41. The Balaban J connectivity index is 1.63. The lowest BCUT2D eigenvalue weighted by molar-refractivity contribution is 0.0974. The van der Waals surface area contributed by atoms with Gasteiger partial charge in [-0.15, -0.1) is 0 Å². The zero-order chi connectivity index (χ0) is 25.0. The predicted molar refractivity (Wildman–Crippen MR) is 142 cm³/mol. The maximum Gasteiger partial charge on any atom is 0.260 e. The molecule has 0 spiro atoms. The topological polar surface area (TPSA) is 79.9 Å². The molecule has 182 valence electrons. The number of nitrogens with zero attached hydrogens (tertiary/aromatic N) is 1. The van der Waals surface area contributed by atoms with Gasteiger partial charge in [-0.1, -0.05) is 30.3 Å². The third-order valence-corrected chi connectivity index (χ3v) is 5.28. The maximum atomic E-state index is 13.3. The molecule has 3 aromatic rings. The Morgan fingerprint density at radius 3 is 2.26 bits per heavy atom. The first-order valence-electron chi connectivity index (χ1n) is 11.4. The van der Waals surface area contributed by atoms with Crippen molar-refractivity contribution in [3.63, 3.8) is 0 Å². The van der Waals surface area contributed by atoms with Crippen LogP contribution in [0.25, 0.3) is 0 Å². The molecule has 3 rings (SSSR count). The molecular formula is C27H29N3O4S. The highest BCUT2D eigenvalue weighted by Crippen LogP contribution is 2.22. The van der Waals surface area contributed by atoms with E-state index in [1.807, 2.05) is 44.2 Å². The number of rotatable bonds is 10. The van der Waals surface area contributed by atoms with Gasteiger partial charge in [0.2, 0.25) is 0 Å². The van der Waals surface area contributed by atoms with Gasteiger partial charge in [0.15, 0.2) is 5.11 Å². The van der Waals surface area contributed by atoms with Crippen molar-refractivity contribution in [1.29, 1.82) is 0 Å². The summed E-state index contributed by atoms with van der Waals surface area (Å²) in [4.78, 5) is 27.6.